The first-order valence-electron chi connectivity index (χ1n) is 6.57. The Bertz CT molecular complexity index is 841. The molecule has 3 aromatic rings. The lowest BCUT2D eigenvalue weighted by atomic mass is 10.1. The Balaban J connectivity index is 2.14. The minimum atomic E-state index is -0.153. The number of nitrogens with one attached hydrogen (secondary N) is 1. The quantitative estimate of drug-likeness (QED) is 0.760. The minimum absolute atomic E-state index is 0.153. The lowest BCUT2D eigenvalue weighted by molar-refractivity contribution is 1.13. The molecule has 0 saturated carbocycles. The van der Waals surface area contributed by atoms with Crippen molar-refractivity contribution in [3.8, 4) is 22.6 Å². The van der Waals surface area contributed by atoms with Gasteiger partial charge in [0.05, 0.1) is 5.69 Å². The summed E-state index contributed by atoms with van der Waals surface area (Å²) in [6.07, 6.45) is 0. The van der Waals surface area contributed by atoms with Crippen LogP contribution in [0.2, 0.25) is 0 Å². The number of H-pyrrole nitrogens is 1. The van der Waals surface area contributed by atoms with E-state index in [-0.39, 0.29) is 5.56 Å². The van der Waals surface area contributed by atoms with Crippen LogP contribution >= 0.6 is 15.9 Å². The molecular weight excluding hydrogens is 328 g/mol. The van der Waals surface area contributed by atoms with Gasteiger partial charge in [-0.3, -0.25) is 4.79 Å². The lowest BCUT2D eigenvalue weighted by Crippen LogP contribution is -2.08. The van der Waals surface area contributed by atoms with Crippen LogP contribution in [0.5, 0.6) is 0 Å². The van der Waals surface area contributed by atoms with Crippen LogP contribution in [-0.4, -0.2) is 9.97 Å². The summed E-state index contributed by atoms with van der Waals surface area (Å²) in [6.45, 7) is 2.01. The van der Waals surface area contributed by atoms with Crippen molar-refractivity contribution < 1.29 is 0 Å². The third-order valence-corrected chi connectivity index (χ3v) is 4.13. The summed E-state index contributed by atoms with van der Waals surface area (Å²) in [5, 5.41) is 0. The number of aryl methyl sites for hydroxylation is 1. The van der Waals surface area contributed by atoms with Crippen molar-refractivity contribution in [2.75, 3.05) is 0 Å². The number of benzene rings is 2. The average Bonchev–Trinajstić information content (AvgIpc) is 2.50. The van der Waals surface area contributed by atoms with E-state index in [9.17, 15) is 4.79 Å². The third-order valence-electron chi connectivity index (χ3n) is 3.24. The Morgan fingerprint density at radius 1 is 1.00 bits per heavy atom. The largest absolute Gasteiger partial charge is 0.306 e. The zero-order valence-electron chi connectivity index (χ0n) is 11.4. The highest BCUT2D eigenvalue weighted by atomic mass is 79.9. The molecule has 104 valence electrons. The molecule has 2 aromatic carbocycles. The fourth-order valence-corrected chi connectivity index (χ4v) is 2.39. The Morgan fingerprint density at radius 2 is 1.76 bits per heavy atom. The van der Waals surface area contributed by atoms with Crippen molar-refractivity contribution >= 4 is 15.9 Å². The van der Waals surface area contributed by atoms with Crippen molar-refractivity contribution in [2.45, 2.75) is 6.92 Å². The molecular formula is C17H13BrN2O. The van der Waals surface area contributed by atoms with E-state index in [4.69, 9.17) is 0 Å². The highest BCUT2D eigenvalue weighted by Crippen LogP contribution is 2.23. The fraction of sp³-hybridized carbons (Fsp3) is 0.0588. The Kier molecular flexibility index (Phi) is 3.71. The minimum Gasteiger partial charge on any atom is -0.306 e. The van der Waals surface area contributed by atoms with Crippen LogP contribution in [-0.2, 0) is 0 Å². The van der Waals surface area contributed by atoms with Crippen molar-refractivity contribution in [3.63, 3.8) is 0 Å². The van der Waals surface area contributed by atoms with Crippen molar-refractivity contribution in [3.05, 3.63) is 75.0 Å². The van der Waals surface area contributed by atoms with Crippen LogP contribution in [0.4, 0.5) is 0 Å². The second kappa shape index (κ2) is 5.66. The molecule has 0 spiro atoms. The normalized spacial score (nSPS) is 10.6. The average molecular weight is 341 g/mol. The van der Waals surface area contributed by atoms with Gasteiger partial charge in [-0.05, 0) is 24.6 Å². The van der Waals surface area contributed by atoms with Crippen molar-refractivity contribution in [1.82, 2.24) is 9.97 Å². The van der Waals surface area contributed by atoms with Gasteiger partial charge in [0.15, 0.2) is 0 Å². The summed E-state index contributed by atoms with van der Waals surface area (Å²) < 4.78 is 1.04. The van der Waals surface area contributed by atoms with Gasteiger partial charge in [-0.1, -0.05) is 52.3 Å². The second-order valence-corrected chi connectivity index (χ2v) is 5.66. The highest BCUT2D eigenvalue weighted by molar-refractivity contribution is 9.10. The van der Waals surface area contributed by atoms with E-state index in [1.807, 2.05) is 55.5 Å². The van der Waals surface area contributed by atoms with E-state index in [2.05, 4.69) is 25.9 Å². The highest BCUT2D eigenvalue weighted by Gasteiger charge is 2.07. The van der Waals surface area contributed by atoms with E-state index < -0.39 is 0 Å². The number of halogens is 1. The summed E-state index contributed by atoms with van der Waals surface area (Å²) in [7, 11) is 0. The molecule has 21 heavy (non-hydrogen) atoms. The molecule has 0 bridgehead atoms. The molecule has 3 nitrogen and oxygen atoms in total. The SMILES string of the molecule is Cc1cc(-c2nc(-c3ccccc3)cc(=O)[nH]2)ccc1Br. The smallest absolute Gasteiger partial charge is 0.251 e. The first-order valence-corrected chi connectivity index (χ1v) is 7.36. The third kappa shape index (κ3) is 2.95. The number of aromatic amines is 1. The number of aromatic nitrogens is 2. The Labute approximate surface area is 130 Å². The Hall–Kier alpha value is -2.20. The van der Waals surface area contributed by atoms with Gasteiger partial charge >= 0.3 is 0 Å². The number of rotatable bonds is 2. The molecule has 0 aliphatic carbocycles. The van der Waals surface area contributed by atoms with Crippen molar-refractivity contribution in [2.24, 2.45) is 0 Å². The summed E-state index contributed by atoms with van der Waals surface area (Å²) in [5.74, 6) is 0.581. The molecule has 0 radical (unpaired) electrons. The van der Waals surface area contributed by atoms with Gasteiger partial charge in [0.1, 0.15) is 5.82 Å². The molecule has 1 aromatic heterocycles. The van der Waals surface area contributed by atoms with Gasteiger partial charge in [-0.2, -0.15) is 0 Å². The van der Waals surface area contributed by atoms with E-state index in [0.29, 0.717) is 11.5 Å². The van der Waals surface area contributed by atoms with Crippen LogP contribution in [0.15, 0.2) is 63.9 Å². The molecule has 0 aliphatic rings. The number of nitrogens with zero attached hydrogens (tertiary/aromatic N) is 1. The van der Waals surface area contributed by atoms with E-state index in [0.717, 1.165) is 21.2 Å². The lowest BCUT2D eigenvalue weighted by Gasteiger charge is -2.06. The molecule has 0 atom stereocenters. The van der Waals surface area contributed by atoms with E-state index in [1.54, 1.807) is 0 Å². The van der Waals surface area contributed by atoms with Crippen LogP contribution < -0.4 is 5.56 Å². The first-order chi connectivity index (χ1) is 10.1. The molecule has 4 heteroatoms. The molecule has 3 rings (SSSR count). The van der Waals surface area contributed by atoms with Gasteiger partial charge in [0.25, 0.3) is 5.56 Å². The van der Waals surface area contributed by atoms with Crippen LogP contribution in [0, 0.1) is 6.92 Å². The van der Waals surface area contributed by atoms with Gasteiger partial charge in [-0.15, -0.1) is 0 Å². The maximum atomic E-state index is 11.9. The maximum Gasteiger partial charge on any atom is 0.251 e. The number of hydrogen-bond acceptors (Lipinski definition) is 2. The molecule has 0 saturated heterocycles. The summed E-state index contributed by atoms with van der Waals surface area (Å²) in [5.41, 5.74) is 3.44. The standard InChI is InChI=1S/C17H13BrN2O/c1-11-9-13(7-8-14(11)18)17-19-15(10-16(21)20-17)12-5-3-2-4-6-12/h2-10H,1H3,(H,19,20,21). The summed E-state index contributed by atoms with van der Waals surface area (Å²) >= 11 is 3.48. The predicted octanol–water partition coefficient (Wildman–Crippen LogP) is 4.17. The number of hydrogen-bond donors (Lipinski definition) is 1. The monoisotopic (exact) mass is 340 g/mol. The topological polar surface area (TPSA) is 45.8 Å². The molecule has 0 unspecified atom stereocenters. The van der Waals surface area contributed by atoms with E-state index >= 15 is 0 Å². The molecule has 1 heterocycles. The zero-order chi connectivity index (χ0) is 14.8. The molecule has 1 N–H and O–H groups in total. The van der Waals surface area contributed by atoms with E-state index in [1.165, 1.54) is 6.07 Å². The van der Waals surface area contributed by atoms with Crippen LogP contribution in [0.1, 0.15) is 5.56 Å². The van der Waals surface area contributed by atoms with Crippen LogP contribution in [0.3, 0.4) is 0 Å². The van der Waals surface area contributed by atoms with Crippen molar-refractivity contribution in [1.29, 1.82) is 0 Å². The summed E-state index contributed by atoms with van der Waals surface area (Å²) in [6, 6.07) is 17.1. The zero-order valence-corrected chi connectivity index (χ0v) is 13.0. The van der Waals surface area contributed by atoms with Gasteiger partial charge < -0.3 is 4.98 Å². The molecule has 0 aliphatic heterocycles. The predicted molar refractivity (Wildman–Crippen MR) is 88.2 cm³/mol. The summed E-state index contributed by atoms with van der Waals surface area (Å²) in [4.78, 5) is 19.3. The van der Waals surface area contributed by atoms with Gasteiger partial charge in [0, 0.05) is 21.7 Å². The Morgan fingerprint density at radius 3 is 2.48 bits per heavy atom. The van der Waals surface area contributed by atoms with Crippen LogP contribution in [0.25, 0.3) is 22.6 Å². The maximum absolute atomic E-state index is 11.9. The molecule has 0 fully saturated rings. The second-order valence-electron chi connectivity index (χ2n) is 4.81. The fourth-order valence-electron chi connectivity index (χ4n) is 2.14. The first kappa shape index (κ1) is 13.8. The van der Waals surface area contributed by atoms with Gasteiger partial charge in [-0.25, -0.2) is 4.98 Å². The molecule has 0 amide bonds. The van der Waals surface area contributed by atoms with Gasteiger partial charge in [0.2, 0.25) is 0 Å².